The van der Waals surface area contributed by atoms with Gasteiger partial charge in [0, 0.05) is 21.6 Å². The quantitative estimate of drug-likeness (QED) is 0.414. The summed E-state index contributed by atoms with van der Waals surface area (Å²) >= 11 is 4.61. The Hall–Kier alpha value is -1.21. The number of amides is 3. The highest BCUT2D eigenvalue weighted by molar-refractivity contribution is 9.10. The van der Waals surface area contributed by atoms with Gasteiger partial charge in [0.2, 0.25) is 5.91 Å². The number of nitrogens with one attached hydrogen (secondary N) is 2. The highest BCUT2D eigenvalue weighted by atomic mass is 79.9. The number of urea groups is 1. The van der Waals surface area contributed by atoms with Gasteiger partial charge in [-0.3, -0.25) is 10.1 Å². The average Bonchev–Trinajstić information content (AvgIpc) is 2.38. The lowest BCUT2D eigenvalue weighted by atomic mass is 10.3. The Bertz CT molecular complexity index is 483. The largest absolute Gasteiger partial charge is 0.398 e. The van der Waals surface area contributed by atoms with E-state index >= 15 is 0 Å². The second-order valence-corrected chi connectivity index (χ2v) is 6.06. The second-order valence-electron chi connectivity index (χ2n) is 4.13. The number of carbonyl (C=O) groups is 2. The summed E-state index contributed by atoms with van der Waals surface area (Å²) in [5.74, 6) is -0.196. The van der Waals surface area contributed by atoms with Crippen molar-refractivity contribution in [3.8, 4) is 0 Å². The van der Waals surface area contributed by atoms with Gasteiger partial charge in [-0.1, -0.05) is 29.3 Å². The monoisotopic (exact) mass is 359 g/mol. The first-order valence-electron chi connectivity index (χ1n) is 6.28. The average molecular weight is 360 g/mol. The molecule has 0 aliphatic carbocycles. The molecule has 1 rings (SSSR count). The third-order valence-electron chi connectivity index (χ3n) is 2.40. The molecule has 0 unspecified atom stereocenters. The van der Waals surface area contributed by atoms with Gasteiger partial charge in [-0.25, -0.2) is 4.79 Å². The second kappa shape index (κ2) is 8.86. The van der Waals surface area contributed by atoms with Gasteiger partial charge in [-0.05, 0) is 24.6 Å². The summed E-state index contributed by atoms with van der Waals surface area (Å²) in [6, 6.07) is 5.01. The van der Waals surface area contributed by atoms with Crippen LogP contribution in [-0.2, 0) is 4.79 Å². The number of hydrogen-bond acceptors (Lipinski definition) is 4. The molecule has 0 aliphatic heterocycles. The Morgan fingerprint density at radius 1 is 1.40 bits per heavy atom. The summed E-state index contributed by atoms with van der Waals surface area (Å²) in [7, 11) is 0. The van der Waals surface area contributed by atoms with Crippen LogP contribution in [0.5, 0.6) is 0 Å². The van der Waals surface area contributed by atoms with Crippen LogP contribution in [-0.4, -0.2) is 24.2 Å². The van der Waals surface area contributed by atoms with Crippen LogP contribution in [0.4, 0.5) is 10.5 Å². The lowest BCUT2D eigenvalue weighted by Gasteiger charge is -2.07. The van der Waals surface area contributed by atoms with Crippen LogP contribution in [0.25, 0.3) is 0 Å². The number of unbranched alkanes of at least 4 members (excludes halogenated alkanes) is 1. The minimum absolute atomic E-state index is 0.146. The molecule has 1 aromatic carbocycles. The smallest absolute Gasteiger partial charge is 0.321 e. The molecule has 0 radical (unpaired) electrons. The zero-order valence-corrected chi connectivity index (χ0v) is 13.6. The van der Waals surface area contributed by atoms with Crippen LogP contribution >= 0.6 is 27.7 Å². The summed E-state index contributed by atoms with van der Waals surface area (Å²) in [5.41, 5.74) is 6.43. The normalized spacial score (nSPS) is 10.1. The number of benzene rings is 1. The van der Waals surface area contributed by atoms with Gasteiger partial charge in [-0.15, -0.1) is 11.8 Å². The number of imide groups is 1. The molecule has 0 saturated carbocycles. The number of hydrogen-bond donors (Lipinski definition) is 3. The van der Waals surface area contributed by atoms with Crippen LogP contribution in [0.2, 0.25) is 0 Å². The lowest BCUT2D eigenvalue weighted by Crippen LogP contribution is -2.40. The molecular formula is C13H18BrN3O2S. The van der Waals surface area contributed by atoms with E-state index < -0.39 is 6.03 Å². The summed E-state index contributed by atoms with van der Waals surface area (Å²) < 4.78 is 0.888. The van der Waals surface area contributed by atoms with Crippen molar-refractivity contribution in [3.63, 3.8) is 0 Å². The number of carbonyl (C=O) groups excluding carboxylic acids is 2. The highest BCUT2D eigenvalue weighted by Gasteiger charge is 2.09. The molecule has 5 nitrogen and oxygen atoms in total. The molecule has 0 spiro atoms. The zero-order chi connectivity index (χ0) is 15.0. The van der Waals surface area contributed by atoms with Crippen molar-refractivity contribution < 1.29 is 9.59 Å². The first kappa shape index (κ1) is 16.8. The van der Waals surface area contributed by atoms with Crippen molar-refractivity contribution in [2.75, 3.05) is 18.0 Å². The predicted molar refractivity (Wildman–Crippen MR) is 85.7 cm³/mol. The predicted octanol–water partition coefficient (Wildman–Crippen LogP) is 2.75. The fourth-order valence-electron chi connectivity index (χ4n) is 1.38. The number of anilines is 1. The van der Waals surface area contributed by atoms with E-state index in [-0.39, 0.29) is 11.7 Å². The van der Waals surface area contributed by atoms with Gasteiger partial charge in [-0.2, -0.15) is 0 Å². The Labute approximate surface area is 131 Å². The maximum absolute atomic E-state index is 11.6. The SMILES string of the molecule is CCCCNC(=O)NC(=O)CSc1ccc(Br)cc1N. The molecule has 0 saturated heterocycles. The van der Waals surface area contributed by atoms with Crippen LogP contribution in [0.3, 0.4) is 0 Å². The summed E-state index contributed by atoms with van der Waals surface area (Å²) in [6.45, 7) is 2.60. The molecule has 20 heavy (non-hydrogen) atoms. The van der Waals surface area contributed by atoms with Crippen molar-refractivity contribution in [1.82, 2.24) is 10.6 Å². The molecule has 0 aliphatic rings. The maximum Gasteiger partial charge on any atom is 0.321 e. The molecule has 0 heterocycles. The fraction of sp³-hybridized carbons (Fsp3) is 0.385. The van der Waals surface area contributed by atoms with E-state index in [4.69, 9.17) is 5.73 Å². The lowest BCUT2D eigenvalue weighted by molar-refractivity contribution is -0.117. The summed E-state index contributed by atoms with van der Waals surface area (Å²) in [4.78, 5) is 23.8. The minimum Gasteiger partial charge on any atom is -0.398 e. The molecule has 0 fully saturated rings. The molecule has 0 aromatic heterocycles. The first-order valence-corrected chi connectivity index (χ1v) is 8.06. The highest BCUT2D eigenvalue weighted by Crippen LogP contribution is 2.27. The van der Waals surface area contributed by atoms with E-state index in [2.05, 4.69) is 26.6 Å². The third kappa shape index (κ3) is 6.29. The Kier molecular flexibility index (Phi) is 7.46. The standard InChI is InChI=1S/C13H18BrN3O2S/c1-2-3-6-16-13(19)17-12(18)8-20-11-5-4-9(14)7-10(11)15/h4-5,7H,2-3,6,8,15H2,1H3,(H2,16,17,18,19). The van der Waals surface area contributed by atoms with Crippen molar-refractivity contribution >= 4 is 45.3 Å². The van der Waals surface area contributed by atoms with Crippen molar-refractivity contribution in [2.24, 2.45) is 0 Å². The number of nitrogens with two attached hydrogens (primary N) is 1. The third-order valence-corrected chi connectivity index (χ3v) is 3.98. The van der Waals surface area contributed by atoms with Crippen molar-refractivity contribution in [1.29, 1.82) is 0 Å². The van der Waals surface area contributed by atoms with Gasteiger partial charge in [0.15, 0.2) is 0 Å². The molecule has 0 atom stereocenters. The van der Waals surface area contributed by atoms with E-state index in [0.29, 0.717) is 12.2 Å². The van der Waals surface area contributed by atoms with Gasteiger partial charge in [0.1, 0.15) is 0 Å². The van der Waals surface area contributed by atoms with Crippen molar-refractivity contribution in [3.05, 3.63) is 22.7 Å². The van der Waals surface area contributed by atoms with Gasteiger partial charge >= 0.3 is 6.03 Å². The Morgan fingerprint density at radius 3 is 2.80 bits per heavy atom. The fourth-order valence-corrected chi connectivity index (χ4v) is 2.51. The number of rotatable bonds is 6. The maximum atomic E-state index is 11.6. The van der Waals surface area contributed by atoms with E-state index in [1.54, 1.807) is 6.07 Å². The first-order chi connectivity index (χ1) is 9.52. The molecule has 7 heteroatoms. The van der Waals surface area contributed by atoms with Crippen LogP contribution in [0.15, 0.2) is 27.6 Å². The number of thioether (sulfide) groups is 1. The van der Waals surface area contributed by atoms with Crippen molar-refractivity contribution in [2.45, 2.75) is 24.7 Å². The van der Waals surface area contributed by atoms with Gasteiger partial charge < -0.3 is 11.1 Å². The summed E-state index contributed by atoms with van der Waals surface area (Å²) in [5, 5.41) is 4.90. The summed E-state index contributed by atoms with van der Waals surface area (Å²) in [6.07, 6.45) is 1.89. The van der Waals surface area contributed by atoms with Crippen LogP contribution < -0.4 is 16.4 Å². The minimum atomic E-state index is -0.451. The van der Waals surface area contributed by atoms with Crippen LogP contribution in [0, 0.1) is 0 Å². The number of halogens is 1. The van der Waals surface area contributed by atoms with E-state index in [1.165, 1.54) is 11.8 Å². The van der Waals surface area contributed by atoms with E-state index in [9.17, 15) is 9.59 Å². The van der Waals surface area contributed by atoms with Gasteiger partial charge in [0.25, 0.3) is 0 Å². The molecule has 4 N–H and O–H groups in total. The molecule has 1 aromatic rings. The van der Waals surface area contributed by atoms with Gasteiger partial charge in [0.05, 0.1) is 5.75 Å². The topological polar surface area (TPSA) is 84.2 Å². The molecule has 0 bridgehead atoms. The zero-order valence-electron chi connectivity index (χ0n) is 11.2. The number of nitrogen functional groups attached to an aromatic ring is 1. The van der Waals surface area contributed by atoms with E-state index in [0.717, 1.165) is 22.2 Å². The Balaban J connectivity index is 2.34. The molecule has 3 amide bonds. The van der Waals surface area contributed by atoms with Crippen LogP contribution in [0.1, 0.15) is 19.8 Å². The Morgan fingerprint density at radius 2 is 2.15 bits per heavy atom. The molecular weight excluding hydrogens is 342 g/mol. The molecule has 110 valence electrons. The van der Waals surface area contributed by atoms with E-state index in [1.807, 2.05) is 19.1 Å².